The summed E-state index contributed by atoms with van der Waals surface area (Å²) in [7, 11) is -2.00. The predicted octanol–water partition coefficient (Wildman–Crippen LogP) is 2.32. The zero-order valence-corrected chi connectivity index (χ0v) is 14.2. The van der Waals surface area contributed by atoms with Crippen LogP contribution in [0.15, 0.2) is 48.5 Å². The van der Waals surface area contributed by atoms with E-state index < -0.39 is 10.0 Å². The van der Waals surface area contributed by atoms with Crippen LogP contribution in [-0.4, -0.2) is 27.6 Å². The van der Waals surface area contributed by atoms with Gasteiger partial charge in [-0.1, -0.05) is 42.0 Å². The molecule has 2 aromatic carbocycles. The summed E-state index contributed by atoms with van der Waals surface area (Å²) in [6.07, 6.45) is 1.11. The van der Waals surface area contributed by atoms with Crippen molar-refractivity contribution in [3.63, 3.8) is 0 Å². The Hall–Kier alpha value is -2.34. The molecule has 0 spiro atoms. The number of anilines is 1. The first-order valence-corrected chi connectivity index (χ1v) is 9.00. The summed E-state index contributed by atoms with van der Waals surface area (Å²) in [5, 5.41) is 2.83. The van der Waals surface area contributed by atoms with Gasteiger partial charge in [0.1, 0.15) is 0 Å². The fourth-order valence-electron chi connectivity index (χ4n) is 2.22. The zero-order chi connectivity index (χ0) is 17.0. The topological polar surface area (TPSA) is 66.5 Å². The van der Waals surface area contributed by atoms with E-state index in [9.17, 15) is 13.2 Å². The number of rotatable bonds is 5. The van der Waals surface area contributed by atoms with E-state index in [1.807, 2.05) is 31.2 Å². The molecule has 2 rings (SSSR count). The van der Waals surface area contributed by atoms with Gasteiger partial charge >= 0.3 is 0 Å². The number of benzene rings is 2. The Morgan fingerprint density at radius 3 is 2.48 bits per heavy atom. The fourth-order valence-corrected chi connectivity index (χ4v) is 2.74. The number of aryl methyl sites for hydroxylation is 1. The van der Waals surface area contributed by atoms with Crippen LogP contribution in [0.3, 0.4) is 0 Å². The molecule has 122 valence electrons. The molecule has 0 saturated heterocycles. The molecule has 0 aliphatic heterocycles. The second kappa shape index (κ2) is 6.83. The van der Waals surface area contributed by atoms with Crippen LogP contribution in [0.25, 0.3) is 0 Å². The van der Waals surface area contributed by atoms with Crippen LogP contribution in [0, 0.1) is 6.92 Å². The molecular weight excluding hydrogens is 312 g/mol. The van der Waals surface area contributed by atoms with Gasteiger partial charge in [0.05, 0.1) is 17.5 Å². The highest BCUT2D eigenvalue weighted by Gasteiger charge is 2.19. The van der Waals surface area contributed by atoms with Gasteiger partial charge < -0.3 is 5.32 Å². The molecule has 0 heterocycles. The van der Waals surface area contributed by atoms with E-state index in [2.05, 4.69) is 5.32 Å². The lowest BCUT2D eigenvalue weighted by Crippen LogP contribution is -2.29. The van der Waals surface area contributed by atoms with Crippen molar-refractivity contribution in [3.05, 3.63) is 65.2 Å². The van der Waals surface area contributed by atoms with Crippen LogP contribution in [0.1, 0.15) is 21.5 Å². The van der Waals surface area contributed by atoms with Gasteiger partial charge in [0.25, 0.3) is 5.91 Å². The number of nitrogens with one attached hydrogen (secondary N) is 1. The molecule has 2 aromatic rings. The van der Waals surface area contributed by atoms with Gasteiger partial charge in [0.2, 0.25) is 10.0 Å². The summed E-state index contributed by atoms with van der Waals surface area (Å²) in [4.78, 5) is 12.4. The molecule has 23 heavy (non-hydrogen) atoms. The molecule has 1 amide bonds. The summed E-state index contributed by atoms with van der Waals surface area (Å²) in [6, 6.07) is 14.5. The lowest BCUT2D eigenvalue weighted by atomic mass is 10.1. The van der Waals surface area contributed by atoms with Crippen LogP contribution in [-0.2, 0) is 16.6 Å². The molecular formula is C17H20N2O3S. The van der Waals surface area contributed by atoms with Crippen LogP contribution < -0.4 is 9.62 Å². The number of carbonyl (C=O) groups excluding carboxylic acids is 1. The second-order valence-electron chi connectivity index (χ2n) is 5.42. The van der Waals surface area contributed by atoms with Crippen LogP contribution in [0.2, 0.25) is 0 Å². The third kappa shape index (κ3) is 4.32. The van der Waals surface area contributed by atoms with Gasteiger partial charge in [-0.25, -0.2) is 8.42 Å². The van der Waals surface area contributed by atoms with E-state index in [1.165, 1.54) is 7.05 Å². The van der Waals surface area contributed by atoms with Crippen molar-refractivity contribution in [1.82, 2.24) is 5.32 Å². The summed E-state index contributed by atoms with van der Waals surface area (Å²) >= 11 is 0. The van der Waals surface area contributed by atoms with E-state index in [4.69, 9.17) is 0 Å². The minimum absolute atomic E-state index is 0.308. The number of nitrogens with zero attached hydrogens (tertiary/aromatic N) is 1. The lowest BCUT2D eigenvalue weighted by Gasteiger charge is -2.19. The highest BCUT2D eigenvalue weighted by Crippen LogP contribution is 2.21. The van der Waals surface area contributed by atoms with E-state index >= 15 is 0 Å². The van der Waals surface area contributed by atoms with E-state index in [0.717, 1.165) is 21.7 Å². The van der Waals surface area contributed by atoms with E-state index in [0.29, 0.717) is 17.8 Å². The summed E-state index contributed by atoms with van der Waals surface area (Å²) < 4.78 is 24.5. The molecule has 0 fully saturated rings. The normalized spacial score (nSPS) is 11.1. The molecule has 0 aliphatic carbocycles. The molecule has 6 heteroatoms. The number of sulfonamides is 1. The maximum absolute atomic E-state index is 12.4. The second-order valence-corrected chi connectivity index (χ2v) is 7.43. The van der Waals surface area contributed by atoms with Crippen molar-refractivity contribution in [2.45, 2.75) is 13.5 Å². The van der Waals surface area contributed by atoms with Gasteiger partial charge in [-0.2, -0.15) is 0 Å². The van der Waals surface area contributed by atoms with Crippen molar-refractivity contribution in [1.29, 1.82) is 0 Å². The van der Waals surface area contributed by atoms with Crippen LogP contribution in [0.5, 0.6) is 0 Å². The fraction of sp³-hybridized carbons (Fsp3) is 0.235. The van der Waals surface area contributed by atoms with E-state index in [-0.39, 0.29) is 5.91 Å². The number of para-hydroxylation sites is 1. The highest BCUT2D eigenvalue weighted by atomic mass is 32.2. The molecule has 0 atom stereocenters. The van der Waals surface area contributed by atoms with Gasteiger partial charge in [0, 0.05) is 13.6 Å². The maximum Gasteiger partial charge on any atom is 0.253 e. The predicted molar refractivity (Wildman–Crippen MR) is 92.0 cm³/mol. The summed E-state index contributed by atoms with van der Waals surface area (Å²) in [5.74, 6) is -0.308. The monoisotopic (exact) mass is 332 g/mol. The quantitative estimate of drug-likeness (QED) is 0.914. The third-order valence-electron chi connectivity index (χ3n) is 3.52. The standard InChI is InChI=1S/C17H20N2O3S/c1-13-7-6-8-14(11-13)12-18-17(20)15-9-4-5-10-16(15)19(2)23(3,21)22/h4-11H,12H2,1-3H3,(H,18,20). The maximum atomic E-state index is 12.4. The summed E-state index contributed by atoms with van der Waals surface area (Å²) in [6.45, 7) is 2.37. The highest BCUT2D eigenvalue weighted by molar-refractivity contribution is 7.92. The molecule has 1 N–H and O–H groups in total. The van der Waals surface area contributed by atoms with Crippen molar-refractivity contribution in [3.8, 4) is 0 Å². The smallest absolute Gasteiger partial charge is 0.253 e. The Morgan fingerprint density at radius 1 is 1.13 bits per heavy atom. The van der Waals surface area contributed by atoms with Crippen molar-refractivity contribution in [2.24, 2.45) is 0 Å². The zero-order valence-electron chi connectivity index (χ0n) is 13.4. The molecule has 0 radical (unpaired) electrons. The average molecular weight is 332 g/mol. The van der Waals surface area contributed by atoms with Crippen LogP contribution in [0.4, 0.5) is 5.69 Å². The van der Waals surface area contributed by atoms with Gasteiger partial charge in [-0.05, 0) is 24.6 Å². The Labute approximate surface area is 137 Å². The molecule has 0 saturated carbocycles. The lowest BCUT2D eigenvalue weighted by molar-refractivity contribution is 0.0951. The first-order valence-electron chi connectivity index (χ1n) is 7.15. The Bertz CT molecular complexity index is 816. The van der Waals surface area contributed by atoms with E-state index in [1.54, 1.807) is 24.3 Å². The minimum atomic E-state index is -3.43. The Kier molecular flexibility index (Phi) is 5.05. The summed E-state index contributed by atoms with van der Waals surface area (Å²) in [5.41, 5.74) is 2.80. The largest absolute Gasteiger partial charge is 0.348 e. The number of hydrogen-bond donors (Lipinski definition) is 1. The number of carbonyl (C=O) groups is 1. The molecule has 0 bridgehead atoms. The van der Waals surface area contributed by atoms with Crippen molar-refractivity contribution in [2.75, 3.05) is 17.6 Å². The molecule has 0 aromatic heterocycles. The van der Waals surface area contributed by atoms with Gasteiger partial charge in [-0.3, -0.25) is 9.10 Å². The van der Waals surface area contributed by atoms with Gasteiger partial charge in [0.15, 0.2) is 0 Å². The Balaban J connectivity index is 2.20. The number of amides is 1. The average Bonchev–Trinajstić information content (AvgIpc) is 2.51. The molecule has 0 unspecified atom stereocenters. The van der Waals surface area contributed by atoms with Crippen molar-refractivity contribution >= 4 is 21.6 Å². The number of hydrogen-bond acceptors (Lipinski definition) is 3. The SMILES string of the molecule is Cc1cccc(CNC(=O)c2ccccc2N(C)S(C)(=O)=O)c1. The molecule has 5 nitrogen and oxygen atoms in total. The van der Waals surface area contributed by atoms with Crippen molar-refractivity contribution < 1.29 is 13.2 Å². The third-order valence-corrected chi connectivity index (χ3v) is 4.71. The van der Waals surface area contributed by atoms with Gasteiger partial charge in [-0.15, -0.1) is 0 Å². The molecule has 0 aliphatic rings. The first-order chi connectivity index (χ1) is 10.8. The minimum Gasteiger partial charge on any atom is -0.348 e. The van der Waals surface area contributed by atoms with Crippen LogP contribution >= 0.6 is 0 Å². The Morgan fingerprint density at radius 2 is 1.83 bits per heavy atom. The first kappa shape index (κ1) is 17.0.